The topological polar surface area (TPSA) is 93.9 Å². The zero-order valence-electron chi connectivity index (χ0n) is 11.9. The van der Waals surface area contributed by atoms with Crippen LogP contribution in [-0.4, -0.2) is 36.9 Å². The number of hydrogen-bond donors (Lipinski definition) is 2. The molecule has 0 aromatic heterocycles. The molecule has 1 unspecified atom stereocenters. The highest BCUT2D eigenvalue weighted by Gasteiger charge is 2.19. The van der Waals surface area contributed by atoms with Crippen LogP contribution >= 0.6 is 0 Å². The summed E-state index contributed by atoms with van der Waals surface area (Å²) >= 11 is 0. The highest BCUT2D eigenvalue weighted by molar-refractivity contribution is 5.68. The molecule has 112 valence electrons. The lowest BCUT2D eigenvalue weighted by Crippen LogP contribution is -2.08. The largest absolute Gasteiger partial charge is 0.493 e. The van der Waals surface area contributed by atoms with Crippen LogP contribution < -0.4 is 14.8 Å². The van der Waals surface area contributed by atoms with Crippen molar-refractivity contribution in [3.8, 4) is 11.5 Å². The van der Waals surface area contributed by atoms with Gasteiger partial charge in [-0.15, -0.1) is 0 Å². The van der Waals surface area contributed by atoms with Crippen molar-refractivity contribution < 1.29 is 19.5 Å². The van der Waals surface area contributed by atoms with Gasteiger partial charge in [0.2, 0.25) is 0 Å². The van der Waals surface area contributed by atoms with Crippen molar-refractivity contribution in [2.24, 2.45) is 0 Å². The van der Waals surface area contributed by atoms with Gasteiger partial charge in [0.05, 0.1) is 31.3 Å². The third-order valence-electron chi connectivity index (χ3n) is 2.81. The molecule has 1 aromatic carbocycles. The van der Waals surface area contributed by atoms with Crippen molar-refractivity contribution in [1.29, 1.82) is 0 Å². The Morgan fingerprint density at radius 2 is 1.95 bits per heavy atom. The van der Waals surface area contributed by atoms with E-state index in [0.29, 0.717) is 36.6 Å². The summed E-state index contributed by atoms with van der Waals surface area (Å²) in [5.41, 5.74) is 0.304. The zero-order valence-corrected chi connectivity index (χ0v) is 11.9. The standard InChI is InChI=1S/C13H20N2O5/c1-9(16)5-4-6-14-10-7-12(19-2)13(20-3)8-11(10)15(17)18/h7-9,14,16H,4-6H2,1-3H3. The van der Waals surface area contributed by atoms with Crippen LogP contribution in [0, 0.1) is 10.1 Å². The van der Waals surface area contributed by atoms with E-state index < -0.39 is 4.92 Å². The van der Waals surface area contributed by atoms with Gasteiger partial charge in [0.25, 0.3) is 5.69 Å². The molecule has 0 saturated heterocycles. The van der Waals surface area contributed by atoms with E-state index >= 15 is 0 Å². The maximum Gasteiger partial charge on any atom is 0.296 e. The van der Waals surface area contributed by atoms with E-state index in [1.54, 1.807) is 13.0 Å². The first kappa shape index (κ1) is 16.0. The average molecular weight is 284 g/mol. The van der Waals surface area contributed by atoms with E-state index in [9.17, 15) is 15.2 Å². The number of methoxy groups -OCH3 is 2. The number of nitrogens with zero attached hydrogens (tertiary/aromatic N) is 1. The number of aliphatic hydroxyl groups is 1. The third-order valence-corrected chi connectivity index (χ3v) is 2.81. The fraction of sp³-hybridized carbons (Fsp3) is 0.538. The number of ether oxygens (including phenoxy) is 2. The Labute approximate surface area is 117 Å². The number of nitrogens with one attached hydrogen (secondary N) is 1. The van der Waals surface area contributed by atoms with Gasteiger partial charge in [-0.25, -0.2) is 0 Å². The molecule has 0 aliphatic rings. The number of aliphatic hydroxyl groups excluding tert-OH is 1. The summed E-state index contributed by atoms with van der Waals surface area (Å²) in [6.07, 6.45) is 0.967. The summed E-state index contributed by atoms with van der Waals surface area (Å²) in [4.78, 5) is 10.6. The third kappa shape index (κ3) is 4.27. The molecule has 1 rings (SSSR count). The molecule has 0 heterocycles. The van der Waals surface area contributed by atoms with E-state index in [4.69, 9.17) is 9.47 Å². The lowest BCUT2D eigenvalue weighted by Gasteiger charge is -2.12. The molecule has 0 fully saturated rings. The van der Waals surface area contributed by atoms with Gasteiger partial charge in [0, 0.05) is 12.6 Å². The summed E-state index contributed by atoms with van der Waals surface area (Å²) in [6, 6.07) is 2.87. The molecule has 1 aromatic rings. The Hall–Kier alpha value is -2.02. The van der Waals surface area contributed by atoms with Crippen LogP contribution in [0.5, 0.6) is 11.5 Å². The second-order valence-corrected chi connectivity index (χ2v) is 4.40. The summed E-state index contributed by atoms with van der Waals surface area (Å²) in [6.45, 7) is 2.24. The number of hydrogen-bond acceptors (Lipinski definition) is 6. The molecule has 7 nitrogen and oxygen atoms in total. The first-order chi connectivity index (χ1) is 9.49. The monoisotopic (exact) mass is 284 g/mol. The molecule has 0 bridgehead atoms. The second kappa shape index (κ2) is 7.54. The first-order valence-electron chi connectivity index (χ1n) is 6.32. The molecule has 0 amide bonds. The highest BCUT2D eigenvalue weighted by atomic mass is 16.6. The maximum atomic E-state index is 11.1. The van der Waals surface area contributed by atoms with Crippen molar-refractivity contribution in [3.63, 3.8) is 0 Å². The molecule has 7 heteroatoms. The van der Waals surface area contributed by atoms with Crippen molar-refractivity contribution in [2.75, 3.05) is 26.1 Å². The Kier molecular flexibility index (Phi) is 6.05. The number of benzene rings is 1. The Balaban J connectivity index is 2.89. The van der Waals surface area contributed by atoms with Gasteiger partial charge in [0.15, 0.2) is 11.5 Å². The van der Waals surface area contributed by atoms with Gasteiger partial charge in [-0.2, -0.15) is 0 Å². The van der Waals surface area contributed by atoms with Gasteiger partial charge < -0.3 is 19.9 Å². The lowest BCUT2D eigenvalue weighted by atomic mass is 10.2. The minimum atomic E-state index is -0.473. The minimum Gasteiger partial charge on any atom is -0.493 e. The van der Waals surface area contributed by atoms with Gasteiger partial charge in [0.1, 0.15) is 5.69 Å². The fourth-order valence-corrected chi connectivity index (χ4v) is 1.78. The molecular formula is C13H20N2O5. The molecule has 0 radical (unpaired) electrons. The summed E-state index contributed by atoms with van der Waals surface area (Å²) in [7, 11) is 2.90. The smallest absolute Gasteiger partial charge is 0.296 e. The molecule has 2 N–H and O–H groups in total. The van der Waals surface area contributed by atoms with Crippen molar-refractivity contribution in [3.05, 3.63) is 22.2 Å². The van der Waals surface area contributed by atoms with Crippen molar-refractivity contribution in [2.45, 2.75) is 25.9 Å². The van der Waals surface area contributed by atoms with E-state index in [2.05, 4.69) is 5.32 Å². The van der Waals surface area contributed by atoms with Gasteiger partial charge in [-0.1, -0.05) is 0 Å². The summed E-state index contributed by atoms with van der Waals surface area (Å²) < 4.78 is 10.2. The van der Waals surface area contributed by atoms with Crippen LogP contribution in [0.25, 0.3) is 0 Å². The number of rotatable bonds is 8. The predicted octanol–water partition coefficient (Wildman–Crippen LogP) is 2.18. The van der Waals surface area contributed by atoms with Crippen LogP contribution in [-0.2, 0) is 0 Å². The van der Waals surface area contributed by atoms with Crippen molar-refractivity contribution >= 4 is 11.4 Å². The van der Waals surface area contributed by atoms with Gasteiger partial charge in [-0.05, 0) is 19.8 Å². The maximum absolute atomic E-state index is 11.1. The fourth-order valence-electron chi connectivity index (χ4n) is 1.78. The van der Waals surface area contributed by atoms with Crippen LogP contribution in [0.15, 0.2) is 12.1 Å². The predicted molar refractivity (Wildman–Crippen MR) is 75.6 cm³/mol. The SMILES string of the molecule is COc1cc(NCCCC(C)O)c([N+](=O)[O-])cc1OC. The van der Waals surface area contributed by atoms with Crippen LogP contribution in [0.3, 0.4) is 0 Å². The van der Waals surface area contributed by atoms with E-state index in [1.807, 2.05) is 0 Å². The van der Waals surface area contributed by atoms with E-state index in [-0.39, 0.29) is 11.8 Å². The average Bonchev–Trinajstić information content (AvgIpc) is 2.42. The number of anilines is 1. The Morgan fingerprint density at radius 3 is 2.45 bits per heavy atom. The number of nitro groups is 1. The Morgan fingerprint density at radius 1 is 1.35 bits per heavy atom. The summed E-state index contributed by atoms with van der Waals surface area (Å²) in [5, 5.41) is 23.2. The summed E-state index contributed by atoms with van der Waals surface area (Å²) in [5.74, 6) is 0.741. The number of nitro benzene ring substituents is 1. The second-order valence-electron chi connectivity index (χ2n) is 4.40. The Bertz CT molecular complexity index is 462. The van der Waals surface area contributed by atoms with Crippen LogP contribution in [0.2, 0.25) is 0 Å². The minimum absolute atomic E-state index is 0.0697. The van der Waals surface area contributed by atoms with Crippen LogP contribution in [0.4, 0.5) is 11.4 Å². The zero-order chi connectivity index (χ0) is 15.1. The molecule has 20 heavy (non-hydrogen) atoms. The molecule has 0 aliphatic carbocycles. The lowest BCUT2D eigenvalue weighted by molar-refractivity contribution is -0.384. The van der Waals surface area contributed by atoms with Gasteiger partial charge >= 0.3 is 0 Å². The first-order valence-corrected chi connectivity index (χ1v) is 6.32. The van der Waals surface area contributed by atoms with Gasteiger partial charge in [-0.3, -0.25) is 10.1 Å². The van der Waals surface area contributed by atoms with Crippen molar-refractivity contribution in [1.82, 2.24) is 0 Å². The van der Waals surface area contributed by atoms with E-state index in [1.165, 1.54) is 20.3 Å². The molecule has 0 spiro atoms. The van der Waals surface area contributed by atoms with Crippen LogP contribution in [0.1, 0.15) is 19.8 Å². The molecule has 0 aliphatic heterocycles. The normalized spacial score (nSPS) is 11.8. The quantitative estimate of drug-likeness (QED) is 0.432. The molecule has 1 atom stereocenters. The van der Waals surface area contributed by atoms with E-state index in [0.717, 1.165) is 0 Å². The molecule has 0 saturated carbocycles. The highest BCUT2D eigenvalue weighted by Crippen LogP contribution is 2.37. The molecular weight excluding hydrogens is 264 g/mol.